The van der Waals surface area contributed by atoms with Gasteiger partial charge in [0.15, 0.2) is 0 Å². The molecule has 9 heteroatoms. The minimum atomic E-state index is -0.581. The monoisotopic (exact) mass is 405 g/mol. The van der Waals surface area contributed by atoms with Crippen LogP contribution in [-0.2, 0) is 9.47 Å². The standard InChI is InChI=1S/C20H27N3O6/c1-12-8-21(9-13(2)28-12)19(24)16-5-17(7-18(6-16)23(26)27)20(25)22-10-14(3)29-15(4)11-22/h5-7,12-15H,8-11H2,1-4H3/t12-,13-,14-,15+/m1/s1. The van der Waals surface area contributed by atoms with Crippen molar-refractivity contribution < 1.29 is 24.0 Å². The summed E-state index contributed by atoms with van der Waals surface area (Å²) in [5.41, 5.74) is -0.000625. The Balaban J connectivity index is 1.90. The molecule has 29 heavy (non-hydrogen) atoms. The second-order valence-corrected chi connectivity index (χ2v) is 7.96. The van der Waals surface area contributed by atoms with Crippen molar-refractivity contribution in [3.63, 3.8) is 0 Å². The zero-order chi connectivity index (χ0) is 21.3. The first-order valence-electron chi connectivity index (χ1n) is 9.83. The summed E-state index contributed by atoms with van der Waals surface area (Å²) in [6.45, 7) is 9.08. The van der Waals surface area contributed by atoms with Crippen LogP contribution in [0.1, 0.15) is 48.4 Å². The summed E-state index contributed by atoms with van der Waals surface area (Å²) in [4.78, 5) is 40.1. The van der Waals surface area contributed by atoms with E-state index in [9.17, 15) is 19.7 Å². The van der Waals surface area contributed by atoms with E-state index in [-0.39, 0.29) is 53.0 Å². The number of hydrogen-bond donors (Lipinski definition) is 0. The molecule has 0 unspecified atom stereocenters. The van der Waals surface area contributed by atoms with Crippen LogP contribution in [0.15, 0.2) is 18.2 Å². The molecule has 158 valence electrons. The summed E-state index contributed by atoms with van der Waals surface area (Å²) in [6, 6.07) is 3.91. The van der Waals surface area contributed by atoms with Gasteiger partial charge in [0.1, 0.15) is 0 Å². The molecule has 3 rings (SSSR count). The van der Waals surface area contributed by atoms with Crippen LogP contribution in [0, 0.1) is 10.1 Å². The quantitative estimate of drug-likeness (QED) is 0.564. The molecule has 1 aromatic rings. The molecule has 2 fully saturated rings. The van der Waals surface area contributed by atoms with Gasteiger partial charge in [0.05, 0.1) is 29.3 Å². The lowest BCUT2D eigenvalue weighted by Crippen LogP contribution is -2.48. The van der Waals surface area contributed by atoms with E-state index in [1.165, 1.54) is 18.2 Å². The Labute approximate surface area is 169 Å². The number of non-ortho nitro benzene ring substituents is 1. The summed E-state index contributed by atoms with van der Waals surface area (Å²) >= 11 is 0. The third kappa shape index (κ3) is 4.91. The molecule has 0 saturated carbocycles. The predicted octanol–water partition coefficient (Wildman–Crippen LogP) is 2.09. The number of nitrogens with zero attached hydrogens (tertiary/aromatic N) is 3. The lowest BCUT2D eigenvalue weighted by atomic mass is 10.1. The van der Waals surface area contributed by atoms with E-state index in [2.05, 4.69) is 0 Å². The number of carbonyl (C=O) groups excluding carboxylic acids is 2. The molecule has 2 aliphatic heterocycles. The van der Waals surface area contributed by atoms with Crippen LogP contribution >= 0.6 is 0 Å². The minimum absolute atomic E-state index is 0.126. The topological polar surface area (TPSA) is 102 Å². The van der Waals surface area contributed by atoms with E-state index in [4.69, 9.17) is 9.47 Å². The summed E-state index contributed by atoms with van der Waals surface area (Å²) in [7, 11) is 0. The van der Waals surface area contributed by atoms with Crippen LogP contribution in [0.5, 0.6) is 0 Å². The molecule has 2 amide bonds. The average Bonchev–Trinajstić information content (AvgIpc) is 2.64. The van der Waals surface area contributed by atoms with Gasteiger partial charge in [-0.25, -0.2) is 0 Å². The Morgan fingerprint density at radius 1 is 0.828 bits per heavy atom. The molecule has 1 aromatic carbocycles. The van der Waals surface area contributed by atoms with Gasteiger partial charge in [-0.3, -0.25) is 19.7 Å². The molecular weight excluding hydrogens is 378 g/mol. The maximum atomic E-state index is 13.0. The highest BCUT2D eigenvalue weighted by Crippen LogP contribution is 2.23. The van der Waals surface area contributed by atoms with Gasteiger partial charge in [0, 0.05) is 49.4 Å². The molecule has 0 radical (unpaired) electrons. The van der Waals surface area contributed by atoms with Crippen LogP contribution in [0.2, 0.25) is 0 Å². The molecule has 0 spiro atoms. The van der Waals surface area contributed by atoms with Crippen molar-refractivity contribution in [2.24, 2.45) is 0 Å². The zero-order valence-corrected chi connectivity index (χ0v) is 17.2. The second-order valence-electron chi connectivity index (χ2n) is 7.96. The molecule has 2 heterocycles. The largest absolute Gasteiger partial charge is 0.372 e. The van der Waals surface area contributed by atoms with Gasteiger partial charge < -0.3 is 19.3 Å². The van der Waals surface area contributed by atoms with E-state index in [0.29, 0.717) is 26.2 Å². The fourth-order valence-electron chi connectivity index (χ4n) is 4.02. The number of benzene rings is 1. The lowest BCUT2D eigenvalue weighted by Gasteiger charge is -2.36. The fraction of sp³-hybridized carbons (Fsp3) is 0.600. The molecule has 0 N–H and O–H groups in total. The maximum absolute atomic E-state index is 13.0. The molecule has 0 aromatic heterocycles. The van der Waals surface area contributed by atoms with Crippen LogP contribution in [-0.4, -0.2) is 77.1 Å². The first kappa shape index (κ1) is 21.2. The van der Waals surface area contributed by atoms with Crippen molar-refractivity contribution in [1.82, 2.24) is 9.80 Å². The molecule has 0 aliphatic carbocycles. The molecular formula is C20H27N3O6. The number of amides is 2. The summed E-state index contributed by atoms with van der Waals surface area (Å²) < 4.78 is 11.3. The molecule has 9 nitrogen and oxygen atoms in total. The molecule has 0 bridgehead atoms. The minimum Gasteiger partial charge on any atom is -0.372 e. The van der Waals surface area contributed by atoms with Crippen molar-refractivity contribution in [3.8, 4) is 0 Å². The lowest BCUT2D eigenvalue weighted by molar-refractivity contribution is -0.384. The number of morpholine rings is 2. The number of ether oxygens (including phenoxy) is 2. The van der Waals surface area contributed by atoms with E-state index >= 15 is 0 Å². The van der Waals surface area contributed by atoms with Crippen molar-refractivity contribution in [2.75, 3.05) is 26.2 Å². The summed E-state index contributed by atoms with van der Waals surface area (Å²) in [5.74, 6) is -0.679. The number of nitro benzene ring substituents is 1. The van der Waals surface area contributed by atoms with Crippen molar-refractivity contribution >= 4 is 17.5 Å². The van der Waals surface area contributed by atoms with E-state index in [1.807, 2.05) is 27.7 Å². The summed E-state index contributed by atoms with van der Waals surface area (Å²) in [5, 5.41) is 11.4. The highest BCUT2D eigenvalue weighted by Gasteiger charge is 2.31. The first-order chi connectivity index (χ1) is 13.6. The van der Waals surface area contributed by atoms with Crippen molar-refractivity contribution in [1.29, 1.82) is 0 Å². The van der Waals surface area contributed by atoms with Gasteiger partial charge in [0.25, 0.3) is 17.5 Å². The molecule has 2 saturated heterocycles. The zero-order valence-electron chi connectivity index (χ0n) is 17.2. The van der Waals surface area contributed by atoms with Crippen LogP contribution in [0.25, 0.3) is 0 Å². The highest BCUT2D eigenvalue weighted by molar-refractivity contribution is 6.00. The fourth-order valence-corrected chi connectivity index (χ4v) is 4.02. The van der Waals surface area contributed by atoms with Crippen LogP contribution in [0.4, 0.5) is 5.69 Å². The molecule has 2 aliphatic rings. The van der Waals surface area contributed by atoms with E-state index in [0.717, 1.165) is 0 Å². The summed E-state index contributed by atoms with van der Waals surface area (Å²) in [6.07, 6.45) is -0.504. The normalized spacial score (nSPS) is 27.6. The van der Waals surface area contributed by atoms with Crippen molar-refractivity contribution in [3.05, 3.63) is 39.4 Å². The third-order valence-electron chi connectivity index (χ3n) is 5.04. The van der Waals surface area contributed by atoms with Gasteiger partial charge in [0.2, 0.25) is 0 Å². The van der Waals surface area contributed by atoms with Gasteiger partial charge >= 0.3 is 0 Å². The highest BCUT2D eigenvalue weighted by atomic mass is 16.6. The van der Waals surface area contributed by atoms with Crippen LogP contribution in [0.3, 0.4) is 0 Å². The van der Waals surface area contributed by atoms with Gasteiger partial charge in [-0.2, -0.15) is 0 Å². The number of carbonyl (C=O) groups is 2. The number of rotatable bonds is 3. The third-order valence-corrected chi connectivity index (χ3v) is 5.04. The number of nitro groups is 1. The Morgan fingerprint density at radius 3 is 1.48 bits per heavy atom. The van der Waals surface area contributed by atoms with Gasteiger partial charge in [-0.05, 0) is 33.8 Å². The number of hydrogen-bond acceptors (Lipinski definition) is 6. The SMILES string of the molecule is C[C@@H]1CN(C(=O)c2cc(C(=O)N3C[C@@H](C)O[C@@H](C)C3)cc([N+](=O)[O-])c2)C[C@@H](C)O1. The van der Waals surface area contributed by atoms with E-state index < -0.39 is 4.92 Å². The van der Waals surface area contributed by atoms with E-state index in [1.54, 1.807) is 9.80 Å². The predicted molar refractivity (Wildman–Crippen MR) is 105 cm³/mol. The Morgan fingerprint density at radius 2 is 1.17 bits per heavy atom. The Kier molecular flexibility index (Phi) is 6.18. The Bertz CT molecular complexity index is 737. The maximum Gasteiger partial charge on any atom is 0.271 e. The second kappa shape index (κ2) is 8.46. The van der Waals surface area contributed by atoms with Crippen molar-refractivity contribution in [2.45, 2.75) is 52.1 Å². The average molecular weight is 405 g/mol. The Hall–Kier alpha value is -2.52. The smallest absolute Gasteiger partial charge is 0.271 e. The van der Waals surface area contributed by atoms with Gasteiger partial charge in [-0.1, -0.05) is 0 Å². The molecule has 4 atom stereocenters. The van der Waals surface area contributed by atoms with Crippen LogP contribution < -0.4 is 0 Å². The van der Waals surface area contributed by atoms with Gasteiger partial charge in [-0.15, -0.1) is 0 Å². The first-order valence-corrected chi connectivity index (χ1v) is 9.83.